The maximum atomic E-state index is 12.5. The Labute approximate surface area is 152 Å². The maximum Gasteiger partial charge on any atom is 0.326 e. The summed E-state index contributed by atoms with van der Waals surface area (Å²) >= 11 is 0. The van der Waals surface area contributed by atoms with E-state index >= 15 is 0 Å². The van der Waals surface area contributed by atoms with Gasteiger partial charge < -0.3 is 19.8 Å². The van der Waals surface area contributed by atoms with Crippen LogP contribution in [0.1, 0.15) is 44.0 Å². The van der Waals surface area contributed by atoms with Gasteiger partial charge in [-0.2, -0.15) is 0 Å². The van der Waals surface area contributed by atoms with Crippen LogP contribution in [0.5, 0.6) is 5.75 Å². The second-order valence-corrected chi connectivity index (χ2v) is 7.85. The smallest absolute Gasteiger partial charge is 0.326 e. The normalized spacial score (nSPS) is 22.4. The number of aliphatic hydroxyl groups excluding tert-OH is 1. The number of aliphatic carboxylic acids is 1. The Morgan fingerprint density at radius 3 is 2.92 bits per heavy atom. The molecule has 3 N–H and O–H groups in total. The molecule has 1 aromatic carbocycles. The van der Waals surface area contributed by atoms with Crippen molar-refractivity contribution in [2.75, 3.05) is 19.7 Å². The van der Waals surface area contributed by atoms with Gasteiger partial charge in [0, 0.05) is 6.54 Å². The molecule has 1 fully saturated rings. The Balaban J connectivity index is 1.61. The van der Waals surface area contributed by atoms with Crippen molar-refractivity contribution in [2.45, 2.75) is 45.4 Å². The molecule has 0 aromatic heterocycles. The highest BCUT2D eigenvalue weighted by molar-refractivity contribution is 5.85. The molecule has 0 bridgehead atoms. The van der Waals surface area contributed by atoms with E-state index in [0.717, 1.165) is 24.2 Å². The predicted molar refractivity (Wildman–Crippen MR) is 94.8 cm³/mol. The van der Waals surface area contributed by atoms with E-state index in [1.807, 2.05) is 26.0 Å². The van der Waals surface area contributed by atoms with Crippen LogP contribution in [0.2, 0.25) is 0 Å². The third-order valence-electron chi connectivity index (χ3n) is 5.02. The van der Waals surface area contributed by atoms with Gasteiger partial charge in [-0.25, -0.2) is 4.79 Å². The van der Waals surface area contributed by atoms with E-state index in [1.165, 1.54) is 4.90 Å². The van der Waals surface area contributed by atoms with Gasteiger partial charge in [-0.3, -0.25) is 10.1 Å². The summed E-state index contributed by atoms with van der Waals surface area (Å²) in [6.07, 6.45) is 1.28. The van der Waals surface area contributed by atoms with Gasteiger partial charge in [-0.15, -0.1) is 0 Å². The van der Waals surface area contributed by atoms with Gasteiger partial charge in [0.2, 0.25) is 5.91 Å². The predicted octanol–water partition coefficient (Wildman–Crippen LogP) is 1.30. The molecule has 0 aliphatic carbocycles. The third-order valence-corrected chi connectivity index (χ3v) is 5.02. The van der Waals surface area contributed by atoms with Gasteiger partial charge in [-0.1, -0.05) is 19.9 Å². The van der Waals surface area contributed by atoms with Crippen molar-refractivity contribution in [3.05, 3.63) is 29.3 Å². The number of nitrogens with zero attached hydrogens (tertiary/aromatic N) is 1. The van der Waals surface area contributed by atoms with E-state index in [0.29, 0.717) is 25.1 Å². The molecule has 142 valence electrons. The zero-order valence-electron chi connectivity index (χ0n) is 15.2. The standard InChI is InChI=1S/C19H26N2O5/c1-19(2)9-14(18(24)25)21(11-19)16(22)10-20-17(23)13-5-6-15-12(8-13)4-3-7-26-15/h5-6,8,14,17,20,23H,3-4,7,9-11H2,1-2H3,(H,24,25)/t14-,17?/m0/s1. The van der Waals surface area contributed by atoms with E-state index in [1.54, 1.807) is 6.07 Å². The number of ether oxygens (including phenoxy) is 1. The van der Waals surface area contributed by atoms with Crippen LogP contribution >= 0.6 is 0 Å². The molecule has 3 rings (SSSR count). The number of likely N-dealkylation sites (tertiary alicyclic amines) is 1. The number of aliphatic hydroxyl groups is 1. The molecular weight excluding hydrogens is 336 g/mol. The molecule has 0 radical (unpaired) electrons. The van der Waals surface area contributed by atoms with Crippen molar-refractivity contribution in [2.24, 2.45) is 5.41 Å². The molecule has 7 heteroatoms. The zero-order chi connectivity index (χ0) is 18.9. The van der Waals surface area contributed by atoms with Crippen LogP contribution in [0.25, 0.3) is 0 Å². The molecular formula is C19H26N2O5. The van der Waals surface area contributed by atoms with Crippen LogP contribution in [-0.2, 0) is 16.0 Å². The maximum absolute atomic E-state index is 12.5. The van der Waals surface area contributed by atoms with Crippen LogP contribution in [0.4, 0.5) is 0 Å². The molecule has 2 heterocycles. The van der Waals surface area contributed by atoms with Gasteiger partial charge in [-0.05, 0) is 47.9 Å². The average molecular weight is 362 g/mol. The molecule has 0 saturated carbocycles. The van der Waals surface area contributed by atoms with Gasteiger partial charge in [0.1, 0.15) is 18.0 Å². The van der Waals surface area contributed by atoms with Crippen molar-refractivity contribution in [3.63, 3.8) is 0 Å². The molecule has 1 unspecified atom stereocenters. The molecule has 2 aliphatic rings. The Morgan fingerprint density at radius 2 is 2.19 bits per heavy atom. The van der Waals surface area contributed by atoms with Gasteiger partial charge in [0.15, 0.2) is 0 Å². The minimum atomic E-state index is -0.995. The van der Waals surface area contributed by atoms with E-state index in [2.05, 4.69) is 5.32 Å². The molecule has 1 saturated heterocycles. The van der Waals surface area contributed by atoms with E-state index in [9.17, 15) is 19.8 Å². The summed E-state index contributed by atoms with van der Waals surface area (Å²) in [6.45, 7) is 4.89. The number of amides is 1. The Morgan fingerprint density at radius 1 is 1.42 bits per heavy atom. The van der Waals surface area contributed by atoms with Crippen LogP contribution in [-0.4, -0.2) is 52.7 Å². The largest absolute Gasteiger partial charge is 0.493 e. The van der Waals surface area contributed by atoms with Crippen LogP contribution < -0.4 is 10.1 Å². The van der Waals surface area contributed by atoms with Gasteiger partial charge in [0.25, 0.3) is 0 Å². The number of carboxylic acid groups (broad SMARTS) is 1. The topological polar surface area (TPSA) is 99.1 Å². The molecule has 26 heavy (non-hydrogen) atoms. The number of hydrogen-bond donors (Lipinski definition) is 3. The van der Waals surface area contributed by atoms with E-state index < -0.39 is 18.2 Å². The monoisotopic (exact) mass is 362 g/mol. The summed E-state index contributed by atoms with van der Waals surface area (Å²) in [6, 6.07) is 4.68. The fraction of sp³-hybridized carbons (Fsp3) is 0.579. The first-order valence-electron chi connectivity index (χ1n) is 8.96. The minimum Gasteiger partial charge on any atom is -0.493 e. The number of hydrogen-bond acceptors (Lipinski definition) is 5. The van der Waals surface area contributed by atoms with Crippen LogP contribution in [0, 0.1) is 5.41 Å². The Hall–Kier alpha value is -2.12. The number of nitrogens with one attached hydrogen (secondary N) is 1. The number of fused-ring (bicyclic) bond motifs is 1. The highest BCUT2D eigenvalue weighted by atomic mass is 16.5. The van der Waals surface area contributed by atoms with Crippen LogP contribution in [0.3, 0.4) is 0 Å². The Kier molecular flexibility index (Phi) is 5.20. The van der Waals surface area contributed by atoms with Gasteiger partial charge >= 0.3 is 5.97 Å². The highest BCUT2D eigenvalue weighted by Crippen LogP contribution is 2.34. The fourth-order valence-corrected chi connectivity index (χ4v) is 3.71. The number of carbonyl (C=O) groups excluding carboxylic acids is 1. The molecule has 2 aliphatic heterocycles. The van der Waals surface area contributed by atoms with E-state index in [-0.39, 0.29) is 17.9 Å². The van der Waals surface area contributed by atoms with Crippen LogP contribution in [0.15, 0.2) is 18.2 Å². The summed E-state index contributed by atoms with van der Waals surface area (Å²) in [5, 5.41) is 22.5. The first-order valence-corrected chi connectivity index (χ1v) is 8.96. The van der Waals surface area contributed by atoms with Crippen molar-refractivity contribution in [1.29, 1.82) is 0 Å². The lowest BCUT2D eigenvalue weighted by atomic mass is 9.91. The SMILES string of the molecule is CC1(C)C[C@@H](C(=O)O)N(C(=O)CNC(O)c2ccc3c(c2)CCCO3)C1. The second kappa shape index (κ2) is 7.25. The van der Waals surface area contributed by atoms with Crippen molar-refractivity contribution >= 4 is 11.9 Å². The molecule has 0 spiro atoms. The number of aryl methyl sites for hydroxylation is 1. The van der Waals surface area contributed by atoms with E-state index in [4.69, 9.17) is 4.74 Å². The van der Waals surface area contributed by atoms with Crippen molar-refractivity contribution in [1.82, 2.24) is 10.2 Å². The number of carbonyl (C=O) groups is 2. The quantitative estimate of drug-likeness (QED) is 0.683. The van der Waals surface area contributed by atoms with Crippen molar-refractivity contribution < 1.29 is 24.5 Å². The molecule has 1 aromatic rings. The second-order valence-electron chi connectivity index (χ2n) is 7.85. The summed E-state index contributed by atoms with van der Waals surface area (Å²) in [5.74, 6) is -0.464. The number of carboxylic acids is 1. The van der Waals surface area contributed by atoms with Gasteiger partial charge in [0.05, 0.1) is 13.2 Å². The lowest BCUT2D eigenvalue weighted by Crippen LogP contribution is -2.45. The molecule has 1 amide bonds. The van der Waals surface area contributed by atoms with Crippen molar-refractivity contribution in [3.8, 4) is 5.75 Å². The summed E-state index contributed by atoms with van der Waals surface area (Å²) in [4.78, 5) is 25.3. The first kappa shape index (κ1) is 18.7. The highest BCUT2D eigenvalue weighted by Gasteiger charge is 2.43. The summed E-state index contributed by atoms with van der Waals surface area (Å²) in [7, 11) is 0. The zero-order valence-corrected chi connectivity index (χ0v) is 15.2. The number of benzene rings is 1. The first-order chi connectivity index (χ1) is 12.3. The lowest BCUT2D eigenvalue weighted by molar-refractivity contribution is -0.148. The lowest BCUT2D eigenvalue weighted by Gasteiger charge is -2.24. The summed E-state index contributed by atoms with van der Waals surface area (Å²) < 4.78 is 5.56. The molecule has 2 atom stereocenters. The molecule has 7 nitrogen and oxygen atoms in total. The minimum absolute atomic E-state index is 0.116. The Bertz CT molecular complexity index is 703. The number of rotatable bonds is 5. The average Bonchev–Trinajstić information content (AvgIpc) is 2.95. The third kappa shape index (κ3) is 3.99. The fourth-order valence-electron chi connectivity index (χ4n) is 3.71. The summed E-state index contributed by atoms with van der Waals surface area (Å²) in [5.41, 5.74) is 1.49.